The maximum Gasteiger partial charge on any atom is 0.102 e. The average molecular weight is 233 g/mol. The Morgan fingerprint density at radius 3 is 2.94 bits per heavy atom. The van der Waals surface area contributed by atoms with E-state index in [-0.39, 0.29) is 0 Å². The Bertz CT molecular complexity index is 171. The van der Waals surface area contributed by atoms with Crippen LogP contribution in [0.15, 0.2) is 0 Å². The first-order valence-electron chi connectivity index (χ1n) is 5.84. The van der Waals surface area contributed by atoms with Crippen LogP contribution in [0.2, 0.25) is 0 Å². The second-order valence-corrected chi connectivity index (χ2v) is 4.16. The standard InChI is InChI=1S/C11H23NO4/c1-14-5-2-6-15-8-4-12-9-11(13)3-7-16-10-11/h12-13H,2-10H2,1H3. The lowest BCUT2D eigenvalue weighted by Crippen LogP contribution is -2.42. The Morgan fingerprint density at radius 2 is 2.25 bits per heavy atom. The monoisotopic (exact) mass is 233 g/mol. The van der Waals surface area contributed by atoms with Gasteiger partial charge < -0.3 is 24.6 Å². The minimum absolute atomic E-state index is 0.439. The Morgan fingerprint density at radius 1 is 1.38 bits per heavy atom. The molecule has 1 fully saturated rings. The summed E-state index contributed by atoms with van der Waals surface area (Å²) in [5, 5.41) is 13.1. The first-order chi connectivity index (χ1) is 7.77. The van der Waals surface area contributed by atoms with Gasteiger partial charge in [-0.05, 0) is 6.42 Å². The number of aliphatic hydroxyl groups is 1. The van der Waals surface area contributed by atoms with Gasteiger partial charge in [0.1, 0.15) is 5.60 Å². The van der Waals surface area contributed by atoms with Crippen molar-refractivity contribution in [2.75, 3.05) is 53.2 Å². The molecule has 5 nitrogen and oxygen atoms in total. The van der Waals surface area contributed by atoms with E-state index in [0.29, 0.717) is 32.8 Å². The van der Waals surface area contributed by atoms with Crippen molar-refractivity contribution in [3.63, 3.8) is 0 Å². The van der Waals surface area contributed by atoms with Crippen LogP contribution in [0, 0.1) is 0 Å². The third-order valence-electron chi connectivity index (χ3n) is 2.60. The Kier molecular flexibility index (Phi) is 6.91. The summed E-state index contributed by atoms with van der Waals surface area (Å²) in [6, 6.07) is 0. The fourth-order valence-corrected chi connectivity index (χ4v) is 1.61. The van der Waals surface area contributed by atoms with E-state index in [1.165, 1.54) is 0 Å². The number of ether oxygens (including phenoxy) is 3. The van der Waals surface area contributed by atoms with Crippen LogP contribution < -0.4 is 5.32 Å². The van der Waals surface area contributed by atoms with Crippen LogP contribution in [-0.4, -0.2) is 63.9 Å². The van der Waals surface area contributed by atoms with Crippen LogP contribution in [0.1, 0.15) is 12.8 Å². The van der Waals surface area contributed by atoms with Crippen molar-refractivity contribution >= 4 is 0 Å². The van der Waals surface area contributed by atoms with Gasteiger partial charge in [-0.25, -0.2) is 0 Å². The smallest absolute Gasteiger partial charge is 0.102 e. The third-order valence-corrected chi connectivity index (χ3v) is 2.60. The van der Waals surface area contributed by atoms with E-state index in [4.69, 9.17) is 14.2 Å². The Labute approximate surface area is 97.1 Å². The van der Waals surface area contributed by atoms with Gasteiger partial charge in [-0.2, -0.15) is 0 Å². The highest BCUT2D eigenvalue weighted by Gasteiger charge is 2.31. The summed E-state index contributed by atoms with van der Waals surface area (Å²) in [7, 11) is 1.69. The van der Waals surface area contributed by atoms with Gasteiger partial charge in [-0.3, -0.25) is 0 Å². The fourth-order valence-electron chi connectivity index (χ4n) is 1.61. The number of rotatable bonds is 9. The molecule has 1 atom stereocenters. The maximum atomic E-state index is 9.92. The molecule has 0 aromatic rings. The largest absolute Gasteiger partial charge is 0.386 e. The molecule has 16 heavy (non-hydrogen) atoms. The summed E-state index contributed by atoms with van der Waals surface area (Å²) in [5.41, 5.74) is -0.671. The fraction of sp³-hybridized carbons (Fsp3) is 1.00. The van der Waals surface area contributed by atoms with E-state index < -0.39 is 5.60 Å². The first-order valence-corrected chi connectivity index (χ1v) is 5.84. The molecule has 96 valence electrons. The van der Waals surface area contributed by atoms with Crippen LogP contribution in [0.3, 0.4) is 0 Å². The predicted molar refractivity (Wildman–Crippen MR) is 60.6 cm³/mol. The zero-order valence-electron chi connectivity index (χ0n) is 10.0. The van der Waals surface area contributed by atoms with Gasteiger partial charge in [0.15, 0.2) is 0 Å². The summed E-state index contributed by atoms with van der Waals surface area (Å²) >= 11 is 0. The van der Waals surface area contributed by atoms with E-state index in [1.807, 2.05) is 0 Å². The van der Waals surface area contributed by atoms with Crippen molar-refractivity contribution < 1.29 is 19.3 Å². The van der Waals surface area contributed by atoms with E-state index in [2.05, 4.69) is 5.32 Å². The molecule has 0 saturated carbocycles. The van der Waals surface area contributed by atoms with Crippen molar-refractivity contribution in [2.45, 2.75) is 18.4 Å². The van der Waals surface area contributed by atoms with Crippen LogP contribution in [0.4, 0.5) is 0 Å². The number of methoxy groups -OCH3 is 1. The molecule has 5 heteroatoms. The molecule has 1 heterocycles. The van der Waals surface area contributed by atoms with Crippen LogP contribution in [0.5, 0.6) is 0 Å². The molecule has 1 unspecified atom stereocenters. The molecule has 1 aliphatic heterocycles. The van der Waals surface area contributed by atoms with Gasteiger partial charge in [-0.15, -0.1) is 0 Å². The molecule has 0 bridgehead atoms. The minimum Gasteiger partial charge on any atom is -0.386 e. The normalized spacial score (nSPS) is 25.1. The van der Waals surface area contributed by atoms with Crippen molar-refractivity contribution in [1.82, 2.24) is 5.32 Å². The van der Waals surface area contributed by atoms with Crippen molar-refractivity contribution in [2.24, 2.45) is 0 Å². The summed E-state index contributed by atoms with van der Waals surface area (Å²) in [6.45, 7) is 4.57. The molecule has 0 aromatic heterocycles. The molecule has 1 rings (SSSR count). The van der Waals surface area contributed by atoms with Crippen molar-refractivity contribution in [3.8, 4) is 0 Å². The average Bonchev–Trinajstić information content (AvgIpc) is 2.70. The molecular weight excluding hydrogens is 210 g/mol. The van der Waals surface area contributed by atoms with E-state index in [0.717, 1.165) is 26.2 Å². The van der Waals surface area contributed by atoms with Crippen molar-refractivity contribution in [3.05, 3.63) is 0 Å². The number of hydrogen-bond acceptors (Lipinski definition) is 5. The van der Waals surface area contributed by atoms with Gasteiger partial charge >= 0.3 is 0 Å². The first kappa shape index (κ1) is 13.9. The topological polar surface area (TPSA) is 60.0 Å². The van der Waals surface area contributed by atoms with Gasteiger partial charge in [-0.1, -0.05) is 0 Å². The molecule has 0 amide bonds. The van der Waals surface area contributed by atoms with Crippen LogP contribution in [-0.2, 0) is 14.2 Å². The van der Waals surface area contributed by atoms with Crippen LogP contribution in [0.25, 0.3) is 0 Å². The lowest BCUT2D eigenvalue weighted by molar-refractivity contribution is 0.0249. The van der Waals surface area contributed by atoms with E-state index >= 15 is 0 Å². The summed E-state index contributed by atoms with van der Waals surface area (Å²) < 4.78 is 15.4. The van der Waals surface area contributed by atoms with Gasteiger partial charge in [0.2, 0.25) is 0 Å². The van der Waals surface area contributed by atoms with Gasteiger partial charge in [0, 0.05) is 46.4 Å². The number of hydrogen-bond donors (Lipinski definition) is 2. The Balaban J connectivity index is 1.84. The van der Waals surface area contributed by atoms with Crippen molar-refractivity contribution in [1.29, 1.82) is 0 Å². The lowest BCUT2D eigenvalue weighted by atomic mass is 10.0. The van der Waals surface area contributed by atoms with Gasteiger partial charge in [0.05, 0.1) is 13.2 Å². The zero-order valence-corrected chi connectivity index (χ0v) is 10.0. The molecule has 1 aliphatic rings. The molecule has 0 aliphatic carbocycles. The van der Waals surface area contributed by atoms with E-state index in [9.17, 15) is 5.11 Å². The molecular formula is C11H23NO4. The molecule has 0 aromatic carbocycles. The summed E-state index contributed by atoms with van der Waals surface area (Å²) in [6.07, 6.45) is 1.64. The predicted octanol–water partition coefficient (Wildman–Crippen LogP) is -0.219. The highest BCUT2D eigenvalue weighted by atomic mass is 16.5. The SMILES string of the molecule is COCCCOCCNCC1(O)CCOC1. The van der Waals surface area contributed by atoms with Gasteiger partial charge in [0.25, 0.3) is 0 Å². The molecule has 1 saturated heterocycles. The number of nitrogens with one attached hydrogen (secondary N) is 1. The second kappa shape index (κ2) is 7.97. The maximum absolute atomic E-state index is 9.92. The zero-order chi connectivity index (χ0) is 11.7. The quantitative estimate of drug-likeness (QED) is 0.539. The third kappa shape index (κ3) is 5.77. The second-order valence-electron chi connectivity index (χ2n) is 4.16. The molecule has 0 spiro atoms. The highest BCUT2D eigenvalue weighted by molar-refractivity contribution is 4.84. The van der Waals surface area contributed by atoms with E-state index in [1.54, 1.807) is 7.11 Å². The summed E-state index contributed by atoms with van der Waals surface area (Å²) in [4.78, 5) is 0. The highest BCUT2D eigenvalue weighted by Crippen LogP contribution is 2.16. The molecule has 0 radical (unpaired) electrons. The molecule has 2 N–H and O–H groups in total. The Hall–Kier alpha value is -0.200. The minimum atomic E-state index is -0.671. The summed E-state index contributed by atoms with van der Waals surface area (Å²) in [5.74, 6) is 0. The lowest BCUT2D eigenvalue weighted by Gasteiger charge is -2.20. The van der Waals surface area contributed by atoms with Crippen LogP contribution >= 0.6 is 0 Å².